The lowest BCUT2D eigenvalue weighted by Gasteiger charge is -2.41. The molecular weight excluding hydrogens is 1330 g/mol. The molecule has 24 nitrogen and oxygen atoms in total. The first kappa shape index (κ1) is 82.1. The zero-order valence-electron chi connectivity index (χ0n) is 60.1. The summed E-state index contributed by atoms with van der Waals surface area (Å²) in [5, 5.41) is 8.14. The Kier molecular flexibility index (Phi) is 30.0. The van der Waals surface area contributed by atoms with E-state index in [1.165, 1.54) is 96.0 Å². The highest BCUT2D eigenvalue weighted by Gasteiger charge is 2.50. The van der Waals surface area contributed by atoms with Gasteiger partial charge in [0.15, 0.2) is 0 Å². The van der Waals surface area contributed by atoms with Gasteiger partial charge in [-0.2, -0.15) is 13.2 Å². The van der Waals surface area contributed by atoms with Crippen molar-refractivity contribution in [3.05, 3.63) is 69.2 Å². The second kappa shape index (κ2) is 36.2. The van der Waals surface area contributed by atoms with E-state index >= 15 is 19.2 Å². The number of likely N-dealkylation sites (N-methyl/N-ethyl adjacent to an activating group) is 9. The number of carbonyl (C=O) groups is 12. The SMILES string of the molecule is CC[C@H](C)[C@@H]1NC(=O)[C@H](C)N(C)C(=O)C[C@@H](C(=O)N(C)C)N(C)C(=O)[C@H](C(C)C)N(C)C(=O)C2(CCCC2)NC(=O)[C@H](Cc2ccccc2Cl)N(CC)C(=O)[C@H](CCc2ccc(C(F)(F)F)c(Cl)c2)NC(=O)CN(C)C(=O)[C@H](CC2CCCCC2)N(C)C(=O)CN(C)C(=O)CN(C)C1=O. The maximum Gasteiger partial charge on any atom is 0.417 e. The fraction of sp³-hybridized carbons (Fsp3) is 0.657. The van der Waals surface area contributed by atoms with Crippen LogP contribution in [0.1, 0.15) is 142 Å². The van der Waals surface area contributed by atoms with Crippen molar-refractivity contribution in [1.82, 2.24) is 60.0 Å². The van der Waals surface area contributed by atoms with E-state index in [-0.39, 0.29) is 61.6 Å². The molecule has 1 heterocycles. The number of halogens is 5. The van der Waals surface area contributed by atoms with Gasteiger partial charge in [0.25, 0.3) is 0 Å². The predicted octanol–water partition coefficient (Wildman–Crippen LogP) is 5.67. The summed E-state index contributed by atoms with van der Waals surface area (Å²) in [4.78, 5) is 187. The minimum atomic E-state index is -4.79. The van der Waals surface area contributed by atoms with Gasteiger partial charge in [-0.25, -0.2) is 0 Å². The third-order valence-corrected chi connectivity index (χ3v) is 20.7. The number of nitrogens with one attached hydrogen (secondary N) is 3. The maximum atomic E-state index is 15.6. The smallest absolute Gasteiger partial charge is 0.347 e. The molecule has 8 atom stereocenters. The molecule has 3 fully saturated rings. The van der Waals surface area contributed by atoms with Crippen molar-refractivity contribution in [1.29, 1.82) is 0 Å². The van der Waals surface area contributed by atoms with Crippen molar-refractivity contribution in [2.75, 3.05) is 89.6 Å². The van der Waals surface area contributed by atoms with Crippen LogP contribution in [0, 0.1) is 17.8 Å². The number of alkyl halides is 3. The summed E-state index contributed by atoms with van der Waals surface area (Å²) in [7, 11) is 12.4. The minimum Gasteiger partial charge on any atom is -0.347 e. The Hall–Kier alpha value is -7.55. The fourth-order valence-corrected chi connectivity index (χ4v) is 13.9. The molecule has 2 aliphatic carbocycles. The van der Waals surface area contributed by atoms with E-state index in [0.717, 1.165) is 68.7 Å². The quantitative estimate of drug-likeness (QED) is 0.232. The lowest BCUT2D eigenvalue weighted by atomic mass is 9.84. The van der Waals surface area contributed by atoms with Gasteiger partial charge in [-0.3, -0.25) is 57.5 Å². The number of amides is 12. The molecule has 5 rings (SSSR count). The van der Waals surface area contributed by atoms with Gasteiger partial charge in [-0.05, 0) is 93.0 Å². The molecule has 1 aliphatic heterocycles. The van der Waals surface area contributed by atoms with E-state index in [4.69, 9.17) is 23.2 Å². The van der Waals surface area contributed by atoms with E-state index in [0.29, 0.717) is 24.8 Å². The van der Waals surface area contributed by atoms with E-state index in [2.05, 4.69) is 16.0 Å². The Bertz CT molecular complexity index is 3260. The number of hydrogen-bond acceptors (Lipinski definition) is 12. The highest BCUT2D eigenvalue weighted by atomic mass is 35.5. The van der Waals surface area contributed by atoms with E-state index in [1.807, 2.05) is 0 Å². The molecular formula is C70H103Cl2F3N12O12. The van der Waals surface area contributed by atoms with E-state index < -0.39 is 173 Å². The molecule has 3 N–H and O–H groups in total. The van der Waals surface area contributed by atoms with Crippen LogP contribution in [-0.4, -0.2) is 252 Å². The van der Waals surface area contributed by atoms with Gasteiger partial charge in [0.2, 0.25) is 70.9 Å². The standard InChI is InChI=1S/C70H103Cl2F3N12O12/c1-16-43(5)59-66(97)82(11)40-57(90)80(9)41-58(91)84(13)53(36-45-25-19-18-20-26-45)65(96)81(10)39-55(88)76-51(32-30-46-29-31-48(50(72)35-46)70(73,74)75)63(94)87(17-2)52(37-47-27-21-22-28-49(47)71)62(93)78-69(33-23-24-34-69)68(99)86(15)60(42(3)4)67(98)85(14)54(64(95)79(7)8)38-56(89)83(12)44(6)61(92)77-59/h21-22,27-29,31,35,42-45,51-54,59-60H,16-20,23-26,30,32-34,36-41H2,1-15H3,(H,76,88)(H,77,92)(H,78,93)/t43-,44-,51-,52-,53-,54-,59-,60-/m0/s1. The summed E-state index contributed by atoms with van der Waals surface area (Å²) in [5.41, 5.74) is -2.14. The van der Waals surface area contributed by atoms with Gasteiger partial charge in [0, 0.05) is 81.4 Å². The number of carbonyl (C=O) groups excluding carboxylic acids is 12. The van der Waals surface area contributed by atoms with Crippen LogP contribution in [0.3, 0.4) is 0 Å². The number of benzene rings is 2. The molecule has 0 unspecified atom stereocenters. The van der Waals surface area contributed by atoms with Crippen LogP contribution >= 0.6 is 23.2 Å². The molecule has 99 heavy (non-hydrogen) atoms. The summed E-state index contributed by atoms with van der Waals surface area (Å²) in [5.74, 6) is -9.95. The normalized spacial score (nSPS) is 24.4. The second-order valence-corrected chi connectivity index (χ2v) is 28.5. The Morgan fingerprint density at radius 3 is 1.84 bits per heavy atom. The fourth-order valence-electron chi connectivity index (χ4n) is 13.4. The zero-order valence-corrected chi connectivity index (χ0v) is 61.6. The Morgan fingerprint density at radius 1 is 0.667 bits per heavy atom. The van der Waals surface area contributed by atoms with Gasteiger partial charge in [0.05, 0.1) is 36.6 Å². The summed E-state index contributed by atoms with van der Waals surface area (Å²) < 4.78 is 41.8. The topological polar surface area (TPSA) is 270 Å². The number of hydrogen-bond donors (Lipinski definition) is 3. The van der Waals surface area contributed by atoms with Crippen LogP contribution < -0.4 is 16.0 Å². The van der Waals surface area contributed by atoms with Crippen molar-refractivity contribution in [3.63, 3.8) is 0 Å². The summed E-state index contributed by atoms with van der Waals surface area (Å²) >= 11 is 13.0. The number of aryl methyl sites for hydroxylation is 1. The average molecular weight is 1430 g/mol. The molecule has 12 amide bonds. The van der Waals surface area contributed by atoms with Crippen LogP contribution in [-0.2, 0) is 76.6 Å². The first-order valence-corrected chi connectivity index (χ1v) is 34.9. The third-order valence-electron chi connectivity index (χ3n) is 20.0. The van der Waals surface area contributed by atoms with E-state index in [9.17, 15) is 51.5 Å². The van der Waals surface area contributed by atoms with Crippen molar-refractivity contribution in [2.24, 2.45) is 17.8 Å². The van der Waals surface area contributed by atoms with Crippen LogP contribution in [0.5, 0.6) is 0 Å². The Morgan fingerprint density at radius 2 is 1.27 bits per heavy atom. The maximum absolute atomic E-state index is 15.6. The van der Waals surface area contributed by atoms with Gasteiger partial charge >= 0.3 is 6.18 Å². The zero-order chi connectivity index (χ0) is 74.3. The molecule has 2 aromatic rings. The summed E-state index contributed by atoms with van der Waals surface area (Å²) in [6, 6.07) is 0.151. The van der Waals surface area contributed by atoms with Crippen molar-refractivity contribution < 1.29 is 70.7 Å². The van der Waals surface area contributed by atoms with Gasteiger partial charge in [-0.15, -0.1) is 0 Å². The Labute approximate surface area is 590 Å². The lowest BCUT2D eigenvalue weighted by Crippen LogP contribution is -2.65. The largest absolute Gasteiger partial charge is 0.417 e. The highest BCUT2D eigenvalue weighted by molar-refractivity contribution is 6.31. The molecule has 1 saturated heterocycles. The second-order valence-electron chi connectivity index (χ2n) is 27.6. The predicted molar refractivity (Wildman–Crippen MR) is 368 cm³/mol. The number of nitrogens with zero attached hydrogens (tertiary/aromatic N) is 9. The molecule has 550 valence electrons. The third kappa shape index (κ3) is 21.0. The first-order chi connectivity index (χ1) is 46.3. The van der Waals surface area contributed by atoms with Crippen LogP contribution in [0.15, 0.2) is 42.5 Å². The molecule has 1 spiro atoms. The molecule has 3 aliphatic rings. The Balaban J connectivity index is 1.67. The number of rotatable bonds is 12. The first-order valence-electron chi connectivity index (χ1n) is 34.1. The minimum absolute atomic E-state index is 0.00800. The van der Waals surface area contributed by atoms with Crippen molar-refractivity contribution >= 4 is 94.1 Å². The molecule has 2 aromatic carbocycles. The van der Waals surface area contributed by atoms with Gasteiger partial charge < -0.3 is 60.0 Å². The van der Waals surface area contributed by atoms with Crippen LogP contribution in [0.25, 0.3) is 0 Å². The lowest BCUT2D eigenvalue weighted by molar-refractivity contribution is -0.155. The monoisotopic (exact) mass is 1430 g/mol. The molecule has 29 heteroatoms. The van der Waals surface area contributed by atoms with Gasteiger partial charge in [0.1, 0.15) is 47.8 Å². The molecule has 0 aromatic heterocycles. The van der Waals surface area contributed by atoms with Crippen molar-refractivity contribution in [2.45, 2.75) is 192 Å². The molecule has 0 radical (unpaired) electrons. The summed E-state index contributed by atoms with van der Waals surface area (Å²) in [6.07, 6.45) is -0.261. The molecule has 0 bridgehead atoms. The van der Waals surface area contributed by atoms with Gasteiger partial charge in [-0.1, -0.05) is 127 Å². The average Bonchev–Trinajstić information content (AvgIpc) is 1.74. The van der Waals surface area contributed by atoms with Crippen LogP contribution in [0.4, 0.5) is 13.2 Å². The van der Waals surface area contributed by atoms with Crippen molar-refractivity contribution in [3.8, 4) is 0 Å². The van der Waals surface area contributed by atoms with Crippen LogP contribution in [0.2, 0.25) is 10.0 Å². The van der Waals surface area contributed by atoms with E-state index in [1.54, 1.807) is 58.9 Å². The highest BCUT2D eigenvalue weighted by Crippen LogP contribution is 2.37. The molecule has 2 saturated carbocycles. The summed E-state index contributed by atoms with van der Waals surface area (Å²) in [6.45, 7) is 7.91.